The molecule has 154 valence electrons. The minimum absolute atomic E-state index is 0. The summed E-state index contributed by atoms with van der Waals surface area (Å²) in [6.45, 7) is 5.00. The molecule has 2 aromatic heterocycles. The lowest BCUT2D eigenvalue weighted by Crippen LogP contribution is -2.46. The van der Waals surface area contributed by atoms with E-state index in [9.17, 15) is 4.79 Å². The maximum Gasteiger partial charge on any atom is 0.308 e. The minimum atomic E-state index is -0.116. The number of aromatic amines is 1. The molecule has 2 aromatic rings. The average molecular weight is 502 g/mol. The van der Waals surface area contributed by atoms with E-state index in [1.54, 1.807) is 6.26 Å². The Kier molecular flexibility index (Phi) is 8.74. The van der Waals surface area contributed by atoms with Crippen LogP contribution in [0.25, 0.3) is 11.6 Å². The highest BCUT2D eigenvalue weighted by Crippen LogP contribution is 2.18. The molecular formula is C18H27IN6O3. The zero-order valence-corrected chi connectivity index (χ0v) is 18.5. The van der Waals surface area contributed by atoms with Gasteiger partial charge in [-0.05, 0) is 31.9 Å². The number of furan rings is 1. The minimum Gasteiger partial charge on any atom is -0.469 e. The van der Waals surface area contributed by atoms with E-state index >= 15 is 0 Å². The molecule has 0 aliphatic carbocycles. The number of likely N-dealkylation sites (tertiary alicyclic amines) is 1. The Hall–Kier alpha value is -2.11. The molecule has 0 amide bonds. The molecule has 1 fully saturated rings. The molecule has 1 saturated heterocycles. The van der Waals surface area contributed by atoms with Gasteiger partial charge in [-0.1, -0.05) is 0 Å². The van der Waals surface area contributed by atoms with Gasteiger partial charge < -0.3 is 19.4 Å². The van der Waals surface area contributed by atoms with Gasteiger partial charge >= 0.3 is 5.97 Å². The lowest BCUT2D eigenvalue weighted by Gasteiger charge is -2.33. The van der Waals surface area contributed by atoms with Crippen molar-refractivity contribution in [1.82, 2.24) is 25.4 Å². The molecule has 0 unspecified atom stereocenters. The van der Waals surface area contributed by atoms with Gasteiger partial charge in [-0.25, -0.2) is 4.98 Å². The van der Waals surface area contributed by atoms with Crippen molar-refractivity contribution in [2.45, 2.75) is 26.2 Å². The smallest absolute Gasteiger partial charge is 0.308 e. The SMILES string of the molecule is CCNC(=NCCc1nc(-c2ccco2)n[nH]1)N1CCC(C(=O)OC)CC1.I. The van der Waals surface area contributed by atoms with Crippen molar-refractivity contribution < 1.29 is 13.9 Å². The van der Waals surface area contributed by atoms with Crippen LogP contribution in [0.2, 0.25) is 0 Å². The number of carbonyl (C=O) groups is 1. The van der Waals surface area contributed by atoms with Crippen molar-refractivity contribution in [2.24, 2.45) is 10.9 Å². The van der Waals surface area contributed by atoms with Crippen molar-refractivity contribution in [2.75, 3.05) is 33.3 Å². The van der Waals surface area contributed by atoms with Gasteiger partial charge in [0.15, 0.2) is 11.7 Å². The monoisotopic (exact) mass is 502 g/mol. The summed E-state index contributed by atoms with van der Waals surface area (Å²) >= 11 is 0. The Morgan fingerprint density at radius 1 is 1.46 bits per heavy atom. The van der Waals surface area contributed by atoms with E-state index in [0.29, 0.717) is 24.6 Å². The van der Waals surface area contributed by atoms with Crippen molar-refractivity contribution in [3.05, 3.63) is 24.2 Å². The van der Waals surface area contributed by atoms with E-state index in [0.717, 1.165) is 44.3 Å². The highest BCUT2D eigenvalue weighted by molar-refractivity contribution is 14.0. The number of hydrogen-bond donors (Lipinski definition) is 2. The average Bonchev–Trinajstić information content (AvgIpc) is 3.38. The van der Waals surface area contributed by atoms with Crippen LogP contribution in [0.1, 0.15) is 25.6 Å². The second-order valence-electron chi connectivity index (χ2n) is 6.35. The predicted molar refractivity (Wildman–Crippen MR) is 115 cm³/mol. The molecule has 1 aliphatic rings. The highest BCUT2D eigenvalue weighted by Gasteiger charge is 2.26. The van der Waals surface area contributed by atoms with Crippen LogP contribution in [-0.2, 0) is 16.0 Å². The number of nitrogens with zero attached hydrogens (tertiary/aromatic N) is 4. The number of guanidine groups is 1. The Morgan fingerprint density at radius 2 is 2.25 bits per heavy atom. The molecule has 0 bridgehead atoms. The maximum absolute atomic E-state index is 11.7. The second-order valence-corrected chi connectivity index (χ2v) is 6.35. The number of nitrogens with one attached hydrogen (secondary N) is 2. The number of carbonyl (C=O) groups excluding carboxylic acids is 1. The first-order chi connectivity index (χ1) is 13.2. The van der Waals surface area contributed by atoms with Crippen molar-refractivity contribution >= 4 is 35.9 Å². The normalized spacial score (nSPS) is 15.2. The van der Waals surface area contributed by atoms with E-state index in [1.165, 1.54) is 7.11 Å². The Bertz CT molecular complexity index is 753. The van der Waals surface area contributed by atoms with Crippen LogP contribution in [-0.4, -0.2) is 65.3 Å². The van der Waals surface area contributed by atoms with Gasteiger partial charge in [0, 0.05) is 32.6 Å². The van der Waals surface area contributed by atoms with Gasteiger partial charge in [-0.3, -0.25) is 14.9 Å². The summed E-state index contributed by atoms with van der Waals surface area (Å²) in [6, 6.07) is 3.63. The van der Waals surface area contributed by atoms with E-state index in [2.05, 4.69) is 25.4 Å². The van der Waals surface area contributed by atoms with Gasteiger partial charge in [0.05, 0.1) is 19.3 Å². The van der Waals surface area contributed by atoms with Gasteiger partial charge in [0.1, 0.15) is 5.82 Å². The summed E-state index contributed by atoms with van der Waals surface area (Å²) < 4.78 is 10.1. The fourth-order valence-electron chi connectivity index (χ4n) is 3.11. The highest BCUT2D eigenvalue weighted by atomic mass is 127. The third kappa shape index (κ3) is 5.69. The molecule has 28 heavy (non-hydrogen) atoms. The fraction of sp³-hybridized carbons (Fsp3) is 0.556. The predicted octanol–water partition coefficient (Wildman–Crippen LogP) is 2.08. The van der Waals surface area contributed by atoms with Crippen LogP contribution in [0.5, 0.6) is 0 Å². The van der Waals surface area contributed by atoms with Crippen LogP contribution in [0, 0.1) is 5.92 Å². The molecule has 0 radical (unpaired) electrons. The number of ether oxygens (including phenoxy) is 1. The lowest BCUT2D eigenvalue weighted by molar-refractivity contribution is -0.146. The second kappa shape index (κ2) is 11.0. The summed E-state index contributed by atoms with van der Waals surface area (Å²) in [5.74, 6) is 2.70. The summed E-state index contributed by atoms with van der Waals surface area (Å²) in [4.78, 5) is 23.0. The molecule has 0 spiro atoms. The third-order valence-corrected chi connectivity index (χ3v) is 4.55. The molecule has 2 N–H and O–H groups in total. The topological polar surface area (TPSA) is 109 Å². The molecule has 3 heterocycles. The maximum atomic E-state index is 11.7. The number of aromatic nitrogens is 3. The van der Waals surface area contributed by atoms with Gasteiger partial charge in [-0.15, -0.1) is 24.0 Å². The number of piperidine rings is 1. The standard InChI is InChI=1S/C18H26N6O3.HI/c1-3-19-18(24-10-7-13(8-11-24)17(25)26-2)20-9-6-15-21-16(23-22-15)14-5-4-12-27-14;/h4-5,12-13H,3,6-11H2,1-2H3,(H,19,20)(H,21,22,23);1H. The third-order valence-electron chi connectivity index (χ3n) is 4.55. The first-order valence-corrected chi connectivity index (χ1v) is 9.27. The van der Waals surface area contributed by atoms with E-state index in [1.807, 2.05) is 19.1 Å². The summed E-state index contributed by atoms with van der Waals surface area (Å²) in [5, 5.41) is 10.4. The molecule has 3 rings (SSSR count). The number of rotatable bonds is 6. The molecule has 0 saturated carbocycles. The van der Waals surface area contributed by atoms with Crippen LogP contribution in [0.15, 0.2) is 27.8 Å². The molecule has 0 aromatic carbocycles. The molecular weight excluding hydrogens is 475 g/mol. The number of halogens is 1. The fourth-order valence-corrected chi connectivity index (χ4v) is 3.11. The number of hydrogen-bond acceptors (Lipinski definition) is 6. The number of methoxy groups -OCH3 is 1. The van der Waals surface area contributed by atoms with Gasteiger partial charge in [0.25, 0.3) is 0 Å². The van der Waals surface area contributed by atoms with Gasteiger partial charge in [0.2, 0.25) is 5.82 Å². The summed E-state index contributed by atoms with van der Waals surface area (Å²) in [6.07, 6.45) is 3.82. The van der Waals surface area contributed by atoms with E-state index in [-0.39, 0.29) is 35.9 Å². The van der Waals surface area contributed by atoms with Crippen LogP contribution < -0.4 is 5.32 Å². The quantitative estimate of drug-likeness (QED) is 0.270. The Balaban J connectivity index is 0.00000280. The van der Waals surface area contributed by atoms with Crippen LogP contribution in [0.4, 0.5) is 0 Å². The first kappa shape index (κ1) is 22.2. The van der Waals surface area contributed by atoms with Crippen LogP contribution >= 0.6 is 24.0 Å². The number of esters is 1. The zero-order chi connectivity index (χ0) is 19.1. The van der Waals surface area contributed by atoms with E-state index in [4.69, 9.17) is 14.1 Å². The summed E-state index contributed by atoms with van der Waals surface area (Å²) in [7, 11) is 1.45. The van der Waals surface area contributed by atoms with Crippen molar-refractivity contribution in [3.8, 4) is 11.6 Å². The van der Waals surface area contributed by atoms with Crippen molar-refractivity contribution in [3.63, 3.8) is 0 Å². The molecule has 10 heteroatoms. The number of H-pyrrole nitrogens is 1. The Morgan fingerprint density at radius 3 is 2.89 bits per heavy atom. The molecule has 1 aliphatic heterocycles. The largest absolute Gasteiger partial charge is 0.469 e. The van der Waals surface area contributed by atoms with Gasteiger partial charge in [-0.2, -0.15) is 5.10 Å². The van der Waals surface area contributed by atoms with Crippen LogP contribution in [0.3, 0.4) is 0 Å². The zero-order valence-electron chi connectivity index (χ0n) is 16.2. The Labute approximate surface area is 181 Å². The molecule has 0 atom stereocenters. The van der Waals surface area contributed by atoms with E-state index < -0.39 is 0 Å². The molecule has 9 nitrogen and oxygen atoms in total. The number of aliphatic imine (C=N–C) groups is 1. The lowest BCUT2D eigenvalue weighted by atomic mass is 9.97. The van der Waals surface area contributed by atoms with Crippen molar-refractivity contribution in [1.29, 1.82) is 0 Å². The first-order valence-electron chi connectivity index (χ1n) is 9.27. The summed E-state index contributed by atoms with van der Waals surface area (Å²) in [5.41, 5.74) is 0.